The van der Waals surface area contributed by atoms with E-state index in [1.807, 2.05) is 0 Å². The van der Waals surface area contributed by atoms with Gasteiger partial charge >= 0.3 is 0 Å². The van der Waals surface area contributed by atoms with Crippen LogP contribution in [0.2, 0.25) is 0 Å². The van der Waals surface area contributed by atoms with E-state index in [9.17, 15) is 18.0 Å². The summed E-state index contributed by atoms with van der Waals surface area (Å²) in [7, 11) is 0. The predicted octanol–water partition coefficient (Wildman–Crippen LogP) is 3.61. The zero-order valence-corrected chi connectivity index (χ0v) is 14.1. The van der Waals surface area contributed by atoms with E-state index in [2.05, 4.69) is 10.2 Å². The van der Waals surface area contributed by atoms with Gasteiger partial charge in [-0.05, 0) is 38.1 Å². The van der Waals surface area contributed by atoms with E-state index in [4.69, 9.17) is 4.74 Å². The number of halogens is 3. The third-order valence-corrected chi connectivity index (χ3v) is 4.00. The number of hydrogen-bond donors (Lipinski definition) is 0. The van der Waals surface area contributed by atoms with Gasteiger partial charge in [-0.15, -0.1) is 5.10 Å². The van der Waals surface area contributed by atoms with Crippen LogP contribution in [0.1, 0.15) is 25.8 Å². The number of anilines is 1. The molecule has 5 nitrogen and oxygen atoms in total. The molecule has 0 saturated heterocycles. The van der Waals surface area contributed by atoms with Gasteiger partial charge in [0.05, 0.1) is 0 Å². The molecule has 0 aliphatic heterocycles. The molecular weight excluding hydrogens is 343 g/mol. The second-order valence-electron chi connectivity index (χ2n) is 5.38. The van der Waals surface area contributed by atoms with E-state index < -0.39 is 22.7 Å². The number of ether oxygens (including phenoxy) is 1. The summed E-state index contributed by atoms with van der Waals surface area (Å²) in [6.45, 7) is 3.90. The van der Waals surface area contributed by atoms with Crippen molar-refractivity contribution >= 4 is 22.9 Å². The zero-order chi connectivity index (χ0) is 17.9. The highest BCUT2D eigenvalue weighted by molar-refractivity contribution is 7.13. The Balaban J connectivity index is 2.06. The first-order valence-electron chi connectivity index (χ1n) is 7.10. The Morgan fingerprint density at radius 3 is 2.42 bits per heavy atom. The van der Waals surface area contributed by atoms with Crippen molar-refractivity contribution < 1.29 is 22.7 Å². The van der Waals surface area contributed by atoms with Crippen LogP contribution in [-0.2, 0) is 10.7 Å². The van der Waals surface area contributed by atoms with Crippen molar-refractivity contribution in [2.75, 3.05) is 11.5 Å². The molecule has 2 rings (SSSR count). The number of benzene rings is 1. The first kappa shape index (κ1) is 18.2. The molecule has 0 N–H and O–H groups in total. The van der Waals surface area contributed by atoms with E-state index >= 15 is 0 Å². The molecule has 0 saturated carbocycles. The van der Waals surface area contributed by atoms with Gasteiger partial charge in [0.25, 0.3) is 17.0 Å². The lowest BCUT2D eigenvalue weighted by Crippen LogP contribution is -2.40. The maximum Gasteiger partial charge on any atom is 0.298 e. The highest BCUT2D eigenvalue weighted by Gasteiger charge is 2.30. The van der Waals surface area contributed by atoms with E-state index in [0.29, 0.717) is 23.9 Å². The normalized spacial score (nSPS) is 11.6. The largest absolute Gasteiger partial charge is 0.459 e. The molecule has 0 atom stereocenters. The molecule has 1 amide bonds. The smallest absolute Gasteiger partial charge is 0.298 e. The van der Waals surface area contributed by atoms with E-state index in [0.717, 1.165) is 0 Å². The minimum atomic E-state index is -3.11. The highest BCUT2D eigenvalue weighted by Crippen LogP contribution is 2.32. The van der Waals surface area contributed by atoms with Crippen LogP contribution >= 0.6 is 11.3 Å². The molecule has 0 unspecified atom stereocenters. The lowest BCUT2D eigenvalue weighted by atomic mass is 10.2. The van der Waals surface area contributed by atoms with Gasteiger partial charge in [-0.3, -0.25) is 4.79 Å². The Morgan fingerprint density at radius 1 is 1.29 bits per heavy atom. The topological polar surface area (TPSA) is 55.3 Å². The maximum absolute atomic E-state index is 13.1. The van der Waals surface area contributed by atoms with Crippen LogP contribution < -0.4 is 9.64 Å². The van der Waals surface area contributed by atoms with E-state index in [1.165, 1.54) is 29.2 Å². The first-order valence-corrected chi connectivity index (χ1v) is 7.92. The second kappa shape index (κ2) is 7.16. The van der Waals surface area contributed by atoms with Gasteiger partial charge in [0.2, 0.25) is 0 Å². The minimum absolute atomic E-state index is 0.109. The van der Waals surface area contributed by atoms with Crippen LogP contribution in [0.5, 0.6) is 5.19 Å². The molecule has 1 aromatic heterocycles. The number of carbonyl (C=O) groups excluding carboxylic acids is 1. The number of rotatable bonds is 6. The molecule has 1 aromatic carbocycles. The van der Waals surface area contributed by atoms with Crippen molar-refractivity contribution in [2.45, 2.75) is 32.7 Å². The zero-order valence-electron chi connectivity index (χ0n) is 13.3. The Bertz CT molecular complexity index is 699. The number of carbonyl (C=O) groups is 1. The number of nitrogens with zero attached hydrogens (tertiary/aromatic N) is 3. The SMILES string of the molecule is CC(C)N(C(=O)COc1nnc(C(C)(F)F)s1)c1ccc(F)cc1. The first-order chi connectivity index (χ1) is 11.2. The predicted molar refractivity (Wildman–Crippen MR) is 84.0 cm³/mol. The van der Waals surface area contributed by atoms with Crippen LogP contribution in [0.15, 0.2) is 24.3 Å². The van der Waals surface area contributed by atoms with Crippen molar-refractivity contribution in [2.24, 2.45) is 0 Å². The molecular formula is C15H16F3N3O2S. The van der Waals surface area contributed by atoms with Crippen LogP contribution in [0, 0.1) is 5.82 Å². The molecule has 0 fully saturated rings. The van der Waals surface area contributed by atoms with Crippen LogP contribution in [0.25, 0.3) is 0 Å². The average Bonchev–Trinajstić information content (AvgIpc) is 2.96. The number of amides is 1. The highest BCUT2D eigenvalue weighted by atomic mass is 32.1. The molecule has 0 radical (unpaired) electrons. The Hall–Kier alpha value is -2.16. The van der Waals surface area contributed by atoms with Crippen molar-refractivity contribution in [3.63, 3.8) is 0 Å². The molecule has 9 heteroatoms. The molecule has 1 heterocycles. The fraction of sp³-hybridized carbons (Fsp3) is 0.400. The van der Waals surface area contributed by atoms with Gasteiger partial charge in [-0.25, -0.2) is 4.39 Å². The molecule has 0 aliphatic rings. The van der Waals surface area contributed by atoms with Crippen LogP contribution in [-0.4, -0.2) is 28.8 Å². The Morgan fingerprint density at radius 2 is 1.92 bits per heavy atom. The van der Waals surface area contributed by atoms with E-state index in [1.54, 1.807) is 13.8 Å². The summed E-state index contributed by atoms with van der Waals surface area (Å²) in [6, 6.07) is 5.26. The second-order valence-corrected chi connectivity index (χ2v) is 6.32. The quantitative estimate of drug-likeness (QED) is 0.791. The van der Waals surface area contributed by atoms with Gasteiger partial charge in [-0.2, -0.15) is 8.78 Å². The molecule has 0 aliphatic carbocycles. The molecule has 24 heavy (non-hydrogen) atoms. The summed E-state index contributed by atoms with van der Waals surface area (Å²) < 4.78 is 44.4. The van der Waals surface area contributed by atoms with Crippen LogP contribution in [0.4, 0.5) is 18.9 Å². The number of aromatic nitrogens is 2. The molecule has 0 spiro atoms. The molecule has 130 valence electrons. The van der Waals surface area contributed by atoms with Gasteiger partial charge in [-0.1, -0.05) is 16.4 Å². The van der Waals surface area contributed by atoms with Gasteiger partial charge < -0.3 is 9.64 Å². The summed E-state index contributed by atoms with van der Waals surface area (Å²) in [4.78, 5) is 13.8. The average molecular weight is 359 g/mol. The summed E-state index contributed by atoms with van der Waals surface area (Å²) in [6.07, 6.45) is 0. The fourth-order valence-electron chi connectivity index (χ4n) is 1.97. The molecule has 2 aromatic rings. The number of hydrogen-bond acceptors (Lipinski definition) is 5. The Kier molecular flexibility index (Phi) is 5.43. The van der Waals surface area contributed by atoms with Crippen molar-refractivity contribution in [1.82, 2.24) is 10.2 Å². The number of alkyl halides is 2. The summed E-state index contributed by atoms with van der Waals surface area (Å²) in [5.74, 6) is -3.92. The third-order valence-electron chi connectivity index (χ3n) is 2.99. The lowest BCUT2D eigenvalue weighted by molar-refractivity contribution is -0.120. The maximum atomic E-state index is 13.1. The summed E-state index contributed by atoms with van der Waals surface area (Å²) >= 11 is 0.585. The van der Waals surface area contributed by atoms with E-state index in [-0.39, 0.29) is 17.8 Å². The van der Waals surface area contributed by atoms with Gasteiger partial charge in [0, 0.05) is 18.7 Å². The summed E-state index contributed by atoms with van der Waals surface area (Å²) in [5.41, 5.74) is 0.512. The fourth-order valence-corrected chi connectivity index (χ4v) is 2.60. The third kappa shape index (κ3) is 4.44. The standard InChI is InChI=1S/C15H16F3N3O2S/c1-9(2)21(11-6-4-10(16)5-7-11)12(22)8-23-14-20-19-13(24-14)15(3,17)18/h4-7,9H,8H2,1-3H3. The van der Waals surface area contributed by atoms with Crippen molar-refractivity contribution in [3.8, 4) is 5.19 Å². The monoisotopic (exact) mass is 359 g/mol. The minimum Gasteiger partial charge on any atom is -0.459 e. The summed E-state index contributed by atoms with van der Waals surface area (Å²) in [5, 5.41) is 6.24. The Labute approximate surface area is 141 Å². The van der Waals surface area contributed by atoms with Gasteiger partial charge in [0.1, 0.15) is 5.82 Å². The van der Waals surface area contributed by atoms with Crippen molar-refractivity contribution in [1.29, 1.82) is 0 Å². The lowest BCUT2D eigenvalue weighted by Gasteiger charge is -2.26. The molecule has 0 bridgehead atoms. The van der Waals surface area contributed by atoms with Crippen molar-refractivity contribution in [3.05, 3.63) is 35.1 Å². The van der Waals surface area contributed by atoms with Gasteiger partial charge in [0.15, 0.2) is 11.6 Å². The van der Waals surface area contributed by atoms with Crippen LogP contribution in [0.3, 0.4) is 0 Å².